The van der Waals surface area contributed by atoms with Crippen LogP contribution in [-0.4, -0.2) is 18.5 Å². The van der Waals surface area contributed by atoms with E-state index in [9.17, 15) is 28.4 Å². The van der Waals surface area contributed by atoms with E-state index in [1.807, 2.05) is 0 Å². The molecule has 0 aliphatic carbocycles. The molecule has 3 atom stereocenters. The van der Waals surface area contributed by atoms with E-state index in [2.05, 4.69) is 20.8 Å². The number of unbranched alkanes of at least 4 members (excludes halogenated alkanes) is 21. The first-order valence-electron chi connectivity index (χ1n) is 16.2. The van der Waals surface area contributed by atoms with Crippen LogP contribution in [0.15, 0.2) is 0 Å². The summed E-state index contributed by atoms with van der Waals surface area (Å²) < 4.78 is 30.6. The Kier molecular flexibility index (Phi) is 52.5. The molecule has 0 N–H and O–H groups in total. The van der Waals surface area contributed by atoms with Gasteiger partial charge >= 0.3 is 40.9 Å². The molecular formula is C30H63CoO6P3+3. The Balaban J connectivity index is -0.000000240. The number of hydrogen-bond acceptors (Lipinski definition) is 6. The molecule has 0 aliphatic rings. The first-order chi connectivity index (χ1) is 18.8. The van der Waals surface area contributed by atoms with Crippen LogP contribution in [0.1, 0.15) is 175 Å². The molecule has 0 fully saturated rings. The SMILES string of the molecule is CCCCCCCCCC[P+](=O)[O-].CCCCCCCCCC[P+](=O)[O-].CCCCCCCCCC[P+](=O)[O-].[Co+3]. The smallest absolute Gasteiger partial charge is 0.596 e. The maximum absolute atomic E-state index is 10.2. The van der Waals surface area contributed by atoms with Gasteiger partial charge < -0.3 is 14.7 Å². The molecule has 0 saturated heterocycles. The third kappa shape index (κ3) is 58.3. The first-order valence-corrected chi connectivity index (χ1v) is 20.3. The molecule has 0 rings (SSSR count). The first kappa shape index (κ1) is 47.6. The Bertz CT molecular complexity index is 456. The fourth-order valence-corrected chi connectivity index (χ4v) is 5.57. The van der Waals surface area contributed by atoms with E-state index in [0.29, 0.717) is 18.5 Å². The summed E-state index contributed by atoms with van der Waals surface area (Å²) in [6, 6.07) is 0. The van der Waals surface area contributed by atoms with Crippen LogP contribution in [0, 0.1) is 0 Å². The molecule has 0 amide bonds. The van der Waals surface area contributed by atoms with Gasteiger partial charge in [-0.25, -0.2) is 0 Å². The predicted molar refractivity (Wildman–Crippen MR) is 165 cm³/mol. The summed E-state index contributed by atoms with van der Waals surface area (Å²) in [5.74, 6) is 0. The van der Waals surface area contributed by atoms with Crippen molar-refractivity contribution in [3.05, 3.63) is 0 Å². The van der Waals surface area contributed by atoms with Gasteiger partial charge in [0.05, 0.1) is 0 Å². The minimum Gasteiger partial charge on any atom is -0.596 e. The number of rotatable bonds is 27. The number of hydrogen-bond donors (Lipinski definition) is 0. The van der Waals surface area contributed by atoms with Crippen molar-refractivity contribution in [2.45, 2.75) is 175 Å². The van der Waals surface area contributed by atoms with Crippen molar-refractivity contribution in [2.75, 3.05) is 18.5 Å². The zero-order valence-corrected chi connectivity index (χ0v) is 29.9. The summed E-state index contributed by atoms with van der Waals surface area (Å²) in [5, 5.41) is 0. The van der Waals surface area contributed by atoms with Crippen molar-refractivity contribution in [3.8, 4) is 0 Å². The van der Waals surface area contributed by atoms with Crippen molar-refractivity contribution >= 4 is 24.1 Å². The van der Waals surface area contributed by atoms with E-state index >= 15 is 0 Å². The van der Waals surface area contributed by atoms with Crippen molar-refractivity contribution in [1.29, 1.82) is 0 Å². The van der Waals surface area contributed by atoms with Crippen LogP contribution in [0.4, 0.5) is 0 Å². The minimum absolute atomic E-state index is 0. The van der Waals surface area contributed by atoms with Gasteiger partial charge in [-0.05, 0) is 38.5 Å². The van der Waals surface area contributed by atoms with Crippen LogP contribution in [0.5, 0.6) is 0 Å². The van der Waals surface area contributed by atoms with Crippen LogP contribution < -0.4 is 14.7 Å². The molecule has 0 aromatic heterocycles. The van der Waals surface area contributed by atoms with E-state index < -0.39 is 24.1 Å². The summed E-state index contributed by atoms with van der Waals surface area (Å²) in [4.78, 5) is 30.6. The van der Waals surface area contributed by atoms with Gasteiger partial charge in [0.15, 0.2) is 0 Å². The Morgan fingerprint density at radius 1 is 0.325 bits per heavy atom. The molecule has 0 bridgehead atoms. The zero-order chi connectivity index (χ0) is 29.8. The van der Waals surface area contributed by atoms with Gasteiger partial charge in [-0.1, -0.05) is 150 Å². The largest absolute Gasteiger partial charge is 3.00 e. The molecule has 0 aromatic carbocycles. The molecule has 3 unspecified atom stereocenters. The van der Waals surface area contributed by atoms with E-state index in [1.165, 1.54) is 116 Å². The quantitative estimate of drug-likeness (QED) is 0.0633. The third-order valence-corrected chi connectivity index (χ3v) is 8.63. The van der Waals surface area contributed by atoms with Crippen molar-refractivity contribution in [2.24, 2.45) is 0 Å². The second kappa shape index (κ2) is 44.1. The van der Waals surface area contributed by atoms with Crippen molar-refractivity contribution in [1.82, 2.24) is 0 Å². The predicted octanol–water partition coefficient (Wildman–Crippen LogP) is 9.69. The molecule has 0 radical (unpaired) electrons. The van der Waals surface area contributed by atoms with E-state index in [1.54, 1.807) is 0 Å². The van der Waals surface area contributed by atoms with Crippen LogP contribution in [0.25, 0.3) is 0 Å². The van der Waals surface area contributed by atoms with E-state index in [0.717, 1.165) is 38.5 Å². The molecule has 0 saturated carbocycles. The van der Waals surface area contributed by atoms with Gasteiger partial charge in [-0.3, -0.25) is 0 Å². The van der Waals surface area contributed by atoms with Gasteiger partial charge in [-0.2, -0.15) is 0 Å². The zero-order valence-electron chi connectivity index (χ0n) is 26.2. The fourth-order valence-electron chi connectivity index (χ4n) is 4.12. The van der Waals surface area contributed by atoms with E-state index in [4.69, 9.17) is 0 Å². The Labute approximate surface area is 261 Å². The molecule has 0 aromatic rings. The molecule has 0 heterocycles. The normalized spacial score (nSPS) is 11.4. The second-order valence-corrected chi connectivity index (χ2v) is 13.9. The Morgan fingerprint density at radius 3 is 0.625 bits per heavy atom. The fraction of sp³-hybridized carbons (Fsp3) is 1.00. The Morgan fingerprint density at radius 2 is 0.475 bits per heavy atom. The van der Waals surface area contributed by atoms with Crippen molar-refractivity contribution < 1.29 is 45.2 Å². The summed E-state index contributed by atoms with van der Waals surface area (Å²) in [5.41, 5.74) is 0. The van der Waals surface area contributed by atoms with Crippen LogP contribution in [-0.2, 0) is 30.5 Å². The van der Waals surface area contributed by atoms with Gasteiger partial charge in [-0.15, -0.1) is 0 Å². The molecule has 6 nitrogen and oxygen atoms in total. The second-order valence-electron chi connectivity index (χ2n) is 10.6. The van der Waals surface area contributed by atoms with Gasteiger partial charge in [0, 0.05) is 0 Å². The summed E-state index contributed by atoms with van der Waals surface area (Å²) >= 11 is 0. The standard InChI is InChI=1S/3C10H21O2P.Co/c3*1-2-3-4-5-6-7-8-9-10-13(11)12;/h3*2-10H2,1H3;/q;;;+3. The molecule has 0 aliphatic heterocycles. The minimum atomic E-state index is -2.13. The van der Waals surface area contributed by atoms with Gasteiger partial charge in [0.1, 0.15) is 18.5 Å². The summed E-state index contributed by atoms with van der Waals surface area (Å²) in [6.07, 6.45) is 30.2. The third-order valence-electron chi connectivity index (χ3n) is 6.58. The Hall–Kier alpha value is 0.686. The molecule has 240 valence electrons. The van der Waals surface area contributed by atoms with E-state index in [-0.39, 0.29) is 16.8 Å². The van der Waals surface area contributed by atoms with Gasteiger partial charge in [0.25, 0.3) is 0 Å². The summed E-state index contributed by atoms with van der Waals surface area (Å²) in [6.45, 7) is 6.64. The molecular weight excluding hydrogens is 608 g/mol. The summed E-state index contributed by atoms with van der Waals surface area (Å²) in [7, 11) is -6.39. The molecule has 10 heteroatoms. The van der Waals surface area contributed by atoms with Crippen molar-refractivity contribution in [3.63, 3.8) is 0 Å². The van der Waals surface area contributed by atoms with Crippen LogP contribution in [0.3, 0.4) is 0 Å². The average Bonchev–Trinajstić information content (AvgIpc) is 2.89. The maximum atomic E-state index is 10.2. The van der Waals surface area contributed by atoms with Crippen LogP contribution in [0.2, 0.25) is 0 Å². The van der Waals surface area contributed by atoms with Crippen LogP contribution >= 0.6 is 24.1 Å². The van der Waals surface area contributed by atoms with Gasteiger partial charge in [0.2, 0.25) is 0 Å². The average molecular weight is 672 g/mol. The monoisotopic (exact) mass is 671 g/mol. The topological polar surface area (TPSA) is 120 Å². The molecule has 0 spiro atoms. The maximum Gasteiger partial charge on any atom is 3.00 e. The molecule has 40 heavy (non-hydrogen) atoms.